The fraction of sp³-hybridized carbons (Fsp3) is 0.862. The van der Waals surface area contributed by atoms with Crippen molar-refractivity contribution in [1.82, 2.24) is 9.78 Å². The van der Waals surface area contributed by atoms with E-state index >= 15 is 0 Å². The zero-order valence-electron chi connectivity index (χ0n) is 21.2. The Morgan fingerprint density at radius 1 is 1.09 bits per heavy atom. The van der Waals surface area contributed by atoms with E-state index in [2.05, 4.69) is 33.9 Å². The maximum absolute atomic E-state index is 13.7. The number of carbonyl (C=O) groups is 1. The van der Waals surface area contributed by atoms with Gasteiger partial charge in [0.15, 0.2) is 5.78 Å². The first kappa shape index (κ1) is 22.3. The monoisotopic (exact) mass is 452 g/mol. The molecule has 5 aliphatic carbocycles. The van der Waals surface area contributed by atoms with Gasteiger partial charge in [-0.1, -0.05) is 13.8 Å². The maximum Gasteiger partial charge on any atom is 0.157 e. The number of fused-ring (bicyclic) bond motifs is 5. The molecule has 0 spiro atoms. The zero-order valence-corrected chi connectivity index (χ0v) is 21.2. The third-order valence-corrected chi connectivity index (χ3v) is 11.2. The van der Waals surface area contributed by atoms with Crippen LogP contribution in [0.3, 0.4) is 0 Å². The summed E-state index contributed by atoms with van der Waals surface area (Å²) in [6, 6.07) is 0. The standard InChI is InChI=1S/C29H44N2O2/c1-17-13-24(25(32)16-31-15-18(2)27(30-31)19-5-6-19)29(4)12-10-22-21-9-11-28(3,33)14-20(21)7-8-23(22)26(17)29/h15,17,19-24,26,33H,5-14,16H2,1-4H3/t17-,20-,21+,22-,23-,24-,26+,28-,29-/m1/s1. The van der Waals surface area contributed by atoms with Gasteiger partial charge in [0.1, 0.15) is 0 Å². The average Bonchev–Trinajstić information content (AvgIpc) is 3.47. The van der Waals surface area contributed by atoms with Crippen molar-refractivity contribution in [3.63, 3.8) is 0 Å². The van der Waals surface area contributed by atoms with Crippen LogP contribution in [0.4, 0.5) is 0 Å². The first-order valence-corrected chi connectivity index (χ1v) is 14.0. The fourth-order valence-electron chi connectivity index (χ4n) is 9.77. The van der Waals surface area contributed by atoms with E-state index in [0.29, 0.717) is 30.1 Å². The van der Waals surface area contributed by atoms with Crippen molar-refractivity contribution in [1.29, 1.82) is 0 Å². The lowest BCUT2D eigenvalue weighted by molar-refractivity contribution is -0.133. The van der Waals surface area contributed by atoms with Gasteiger partial charge >= 0.3 is 0 Å². The van der Waals surface area contributed by atoms with Crippen molar-refractivity contribution in [3.8, 4) is 0 Å². The number of hydrogen-bond donors (Lipinski definition) is 1. The van der Waals surface area contributed by atoms with Crippen LogP contribution in [0.5, 0.6) is 0 Å². The lowest BCUT2D eigenvalue weighted by Gasteiger charge is -2.57. The fourth-order valence-corrected chi connectivity index (χ4v) is 9.77. The molecule has 33 heavy (non-hydrogen) atoms. The van der Waals surface area contributed by atoms with Crippen LogP contribution in [-0.2, 0) is 11.3 Å². The van der Waals surface area contributed by atoms with Crippen LogP contribution in [0.25, 0.3) is 0 Å². The number of carbonyl (C=O) groups excluding carboxylic acids is 1. The van der Waals surface area contributed by atoms with E-state index in [1.807, 2.05) is 4.68 Å². The zero-order chi connectivity index (χ0) is 23.1. The first-order valence-electron chi connectivity index (χ1n) is 14.0. The summed E-state index contributed by atoms with van der Waals surface area (Å²) in [5.41, 5.74) is 2.21. The summed E-state index contributed by atoms with van der Waals surface area (Å²) in [5, 5.41) is 15.5. The van der Waals surface area contributed by atoms with Gasteiger partial charge in [0.2, 0.25) is 0 Å². The molecule has 1 aromatic rings. The SMILES string of the molecule is Cc1cn(CC(=O)[C@H]2C[C@@H](C)[C@H]3[C@@H]4CC[C@@H]5C[C@](C)(O)CC[C@@H]5[C@H]4CC[C@@]32C)nc1C1CC1. The minimum atomic E-state index is -0.445. The van der Waals surface area contributed by atoms with Crippen LogP contribution < -0.4 is 0 Å². The van der Waals surface area contributed by atoms with E-state index in [4.69, 9.17) is 5.10 Å². The number of rotatable bonds is 4. The minimum absolute atomic E-state index is 0.159. The first-order chi connectivity index (χ1) is 15.7. The Hall–Kier alpha value is -1.16. The van der Waals surface area contributed by atoms with Crippen molar-refractivity contribution in [2.45, 2.75) is 110 Å². The molecule has 0 unspecified atom stereocenters. The Labute approximate surface area is 199 Å². The molecule has 6 rings (SSSR count). The maximum atomic E-state index is 13.7. The third-order valence-electron chi connectivity index (χ3n) is 11.2. The van der Waals surface area contributed by atoms with Crippen LogP contribution in [0, 0.1) is 53.8 Å². The molecule has 0 saturated heterocycles. The van der Waals surface area contributed by atoms with Gasteiger partial charge in [-0.15, -0.1) is 0 Å². The quantitative estimate of drug-likeness (QED) is 0.618. The van der Waals surface area contributed by atoms with Crippen molar-refractivity contribution < 1.29 is 9.90 Å². The molecular formula is C29H44N2O2. The van der Waals surface area contributed by atoms with Crippen LogP contribution in [-0.4, -0.2) is 26.3 Å². The van der Waals surface area contributed by atoms with Crippen LogP contribution in [0.15, 0.2) is 6.20 Å². The molecule has 1 aromatic heterocycles. The largest absolute Gasteiger partial charge is 0.390 e. The van der Waals surface area contributed by atoms with Gasteiger partial charge in [-0.25, -0.2) is 0 Å². The summed E-state index contributed by atoms with van der Waals surface area (Å²) in [7, 11) is 0. The van der Waals surface area contributed by atoms with E-state index in [1.165, 1.54) is 56.2 Å². The smallest absolute Gasteiger partial charge is 0.157 e. The van der Waals surface area contributed by atoms with Gasteiger partial charge in [0, 0.05) is 18.0 Å². The molecular weight excluding hydrogens is 408 g/mol. The van der Waals surface area contributed by atoms with E-state index in [0.717, 1.165) is 42.9 Å². The number of ketones is 1. The normalized spacial score (nSPS) is 47.0. The molecule has 5 saturated carbocycles. The number of nitrogens with zero attached hydrogens (tertiary/aromatic N) is 2. The number of Topliss-reactive ketones (excluding diaryl/α,β-unsaturated/α-hetero) is 1. The predicted octanol–water partition coefficient (Wildman–Crippen LogP) is 5.90. The van der Waals surface area contributed by atoms with Crippen LogP contribution >= 0.6 is 0 Å². The average molecular weight is 453 g/mol. The second kappa shape index (κ2) is 7.67. The second-order valence-corrected chi connectivity index (χ2v) is 13.5. The van der Waals surface area contributed by atoms with Gasteiger partial charge in [-0.05, 0) is 125 Å². The van der Waals surface area contributed by atoms with Gasteiger partial charge in [-0.2, -0.15) is 5.10 Å². The number of aliphatic hydroxyl groups is 1. The molecule has 4 nitrogen and oxygen atoms in total. The summed E-state index contributed by atoms with van der Waals surface area (Å²) < 4.78 is 1.96. The molecule has 1 N–H and O–H groups in total. The van der Waals surface area contributed by atoms with Crippen LogP contribution in [0.1, 0.15) is 102 Å². The molecule has 5 fully saturated rings. The van der Waals surface area contributed by atoms with Crippen molar-refractivity contribution in [2.75, 3.05) is 0 Å². The molecule has 0 amide bonds. The van der Waals surface area contributed by atoms with E-state index < -0.39 is 5.60 Å². The highest BCUT2D eigenvalue weighted by Crippen LogP contribution is 2.66. The lowest BCUT2D eigenvalue weighted by Crippen LogP contribution is -2.51. The summed E-state index contributed by atoms with van der Waals surface area (Å²) in [6.07, 6.45) is 14.0. The third kappa shape index (κ3) is 3.65. The summed E-state index contributed by atoms with van der Waals surface area (Å²) >= 11 is 0. The number of aryl methyl sites for hydroxylation is 1. The van der Waals surface area contributed by atoms with E-state index in [9.17, 15) is 9.90 Å². The van der Waals surface area contributed by atoms with Crippen molar-refractivity contribution in [2.24, 2.45) is 46.8 Å². The molecule has 5 aliphatic rings. The summed E-state index contributed by atoms with van der Waals surface area (Å²) in [4.78, 5) is 13.7. The Kier molecular flexibility index (Phi) is 5.19. The lowest BCUT2D eigenvalue weighted by atomic mass is 9.48. The highest BCUT2D eigenvalue weighted by Gasteiger charge is 2.61. The van der Waals surface area contributed by atoms with Gasteiger partial charge in [0.25, 0.3) is 0 Å². The Balaban J connectivity index is 1.19. The highest BCUT2D eigenvalue weighted by atomic mass is 16.3. The number of aromatic nitrogens is 2. The molecule has 0 aliphatic heterocycles. The summed E-state index contributed by atoms with van der Waals surface area (Å²) in [6.45, 7) is 9.58. The van der Waals surface area contributed by atoms with Gasteiger partial charge in [0.05, 0.1) is 17.8 Å². The Morgan fingerprint density at radius 3 is 2.61 bits per heavy atom. The summed E-state index contributed by atoms with van der Waals surface area (Å²) in [5.74, 6) is 5.73. The molecule has 0 bridgehead atoms. The topological polar surface area (TPSA) is 55.1 Å². The Bertz CT molecular complexity index is 930. The van der Waals surface area contributed by atoms with E-state index in [-0.39, 0.29) is 11.3 Å². The molecule has 0 radical (unpaired) electrons. The molecule has 9 atom stereocenters. The highest BCUT2D eigenvalue weighted by molar-refractivity contribution is 5.82. The molecule has 4 heteroatoms. The number of hydrogen-bond acceptors (Lipinski definition) is 3. The van der Waals surface area contributed by atoms with Crippen molar-refractivity contribution >= 4 is 5.78 Å². The van der Waals surface area contributed by atoms with Crippen LogP contribution in [0.2, 0.25) is 0 Å². The Morgan fingerprint density at radius 2 is 1.85 bits per heavy atom. The molecule has 182 valence electrons. The van der Waals surface area contributed by atoms with Crippen molar-refractivity contribution in [3.05, 3.63) is 17.5 Å². The molecule has 0 aromatic carbocycles. The predicted molar refractivity (Wildman–Crippen MR) is 130 cm³/mol. The second-order valence-electron chi connectivity index (χ2n) is 13.5. The molecule has 1 heterocycles. The minimum Gasteiger partial charge on any atom is -0.390 e. The van der Waals surface area contributed by atoms with Gasteiger partial charge < -0.3 is 5.11 Å². The van der Waals surface area contributed by atoms with E-state index in [1.54, 1.807) is 0 Å². The van der Waals surface area contributed by atoms with Gasteiger partial charge in [-0.3, -0.25) is 9.48 Å².